The van der Waals surface area contributed by atoms with Crippen LogP contribution in [0.4, 0.5) is 14.9 Å². The molecule has 0 bridgehead atoms. The predicted octanol–water partition coefficient (Wildman–Crippen LogP) is 2.90. The van der Waals surface area contributed by atoms with Crippen LogP contribution in [0, 0.1) is 5.82 Å². The fourth-order valence-corrected chi connectivity index (χ4v) is 3.94. The van der Waals surface area contributed by atoms with E-state index in [0.29, 0.717) is 29.1 Å². The average Bonchev–Trinajstić information content (AvgIpc) is 3.31. The van der Waals surface area contributed by atoms with Gasteiger partial charge in [0.15, 0.2) is 5.84 Å². The number of hydrogen-bond acceptors (Lipinski definition) is 8. The van der Waals surface area contributed by atoms with Gasteiger partial charge in [0, 0.05) is 24.2 Å². The molecule has 1 atom stereocenters. The van der Waals surface area contributed by atoms with Gasteiger partial charge in [0.1, 0.15) is 17.6 Å². The van der Waals surface area contributed by atoms with Crippen LogP contribution in [-0.4, -0.2) is 78.2 Å². The van der Waals surface area contributed by atoms with E-state index in [-0.39, 0.29) is 24.8 Å². The summed E-state index contributed by atoms with van der Waals surface area (Å²) in [6.07, 6.45) is 1.26. The van der Waals surface area contributed by atoms with E-state index in [2.05, 4.69) is 34.1 Å². The van der Waals surface area contributed by atoms with E-state index in [9.17, 15) is 14.0 Å². The van der Waals surface area contributed by atoms with Crippen LogP contribution < -0.4 is 21.8 Å². The Labute approximate surface area is 229 Å². The molecule has 1 aliphatic rings. The average molecular weight is 545 g/mol. The lowest BCUT2D eigenvalue weighted by atomic mass is 10.1. The number of nitrogens with two attached hydrogens (primary N) is 2. The molecule has 39 heavy (non-hydrogen) atoms. The maximum atomic E-state index is 15.0. The van der Waals surface area contributed by atoms with E-state index in [1.807, 2.05) is 13.8 Å². The highest BCUT2D eigenvalue weighted by Crippen LogP contribution is 2.29. The van der Waals surface area contributed by atoms with Crippen molar-refractivity contribution in [2.45, 2.75) is 47.1 Å². The standard InChI is InChI=1S/C25H35FN8O3.C2H6/c1-4-32(5-2)11-6-12-34(28)31-24(27)23-10-7-18(14-30-23)21-9-8-19(13-22(21)26)33-16-20(37-25(33)36)15-29-17(3)35;1-2/h7-10,13-14,20H,4-6,11-12,15-16,28H2,1-3H3,(H2,27,31)(H,29,35);1-2H3. The Morgan fingerprint density at radius 1 is 1.23 bits per heavy atom. The summed E-state index contributed by atoms with van der Waals surface area (Å²) in [6.45, 7) is 13.5. The first-order valence-electron chi connectivity index (χ1n) is 13.3. The Kier molecular flexibility index (Phi) is 12.6. The maximum Gasteiger partial charge on any atom is 0.414 e. The van der Waals surface area contributed by atoms with Crippen LogP contribution in [0.5, 0.6) is 0 Å². The number of nitrogens with zero attached hydrogens (tertiary/aromatic N) is 5. The van der Waals surface area contributed by atoms with Crippen LogP contribution in [0.2, 0.25) is 0 Å². The monoisotopic (exact) mass is 544 g/mol. The Morgan fingerprint density at radius 2 is 1.95 bits per heavy atom. The maximum absolute atomic E-state index is 15.0. The minimum absolute atomic E-state index is 0.161. The molecule has 0 radical (unpaired) electrons. The van der Waals surface area contributed by atoms with E-state index >= 15 is 0 Å². The molecule has 0 saturated carbocycles. The van der Waals surface area contributed by atoms with Crippen molar-refractivity contribution >= 4 is 23.5 Å². The lowest BCUT2D eigenvalue weighted by molar-refractivity contribution is -0.119. The van der Waals surface area contributed by atoms with E-state index < -0.39 is 18.0 Å². The molecular weight excluding hydrogens is 503 g/mol. The highest BCUT2D eigenvalue weighted by atomic mass is 19.1. The second kappa shape index (κ2) is 15.6. The normalized spacial score (nSPS) is 15.1. The lowest BCUT2D eigenvalue weighted by Gasteiger charge is -2.19. The number of nitrogens with one attached hydrogen (secondary N) is 1. The van der Waals surface area contributed by atoms with Crippen LogP contribution in [0.25, 0.3) is 11.1 Å². The molecule has 0 aliphatic carbocycles. The van der Waals surface area contributed by atoms with Crippen LogP contribution in [0.1, 0.15) is 46.7 Å². The summed E-state index contributed by atoms with van der Waals surface area (Å²) in [4.78, 5) is 31.2. The number of aromatic nitrogens is 1. The molecule has 1 fully saturated rings. The third-order valence-corrected chi connectivity index (χ3v) is 6.05. The number of halogens is 1. The van der Waals surface area contributed by atoms with Crippen molar-refractivity contribution in [3.8, 4) is 11.1 Å². The highest BCUT2D eigenvalue weighted by Gasteiger charge is 2.32. The number of cyclic esters (lactones) is 1. The number of hydrazine groups is 1. The molecule has 5 N–H and O–H groups in total. The second-order valence-corrected chi connectivity index (χ2v) is 8.68. The van der Waals surface area contributed by atoms with Gasteiger partial charge in [-0.3, -0.25) is 14.7 Å². The first-order chi connectivity index (χ1) is 18.7. The van der Waals surface area contributed by atoms with Gasteiger partial charge in [-0.1, -0.05) is 33.8 Å². The van der Waals surface area contributed by atoms with Crippen molar-refractivity contribution in [2.24, 2.45) is 16.7 Å². The van der Waals surface area contributed by atoms with Gasteiger partial charge < -0.3 is 20.7 Å². The molecule has 0 spiro atoms. The van der Waals surface area contributed by atoms with Crippen LogP contribution >= 0.6 is 0 Å². The summed E-state index contributed by atoms with van der Waals surface area (Å²) in [5.41, 5.74) is 7.70. The van der Waals surface area contributed by atoms with Gasteiger partial charge in [0.25, 0.3) is 0 Å². The molecule has 1 saturated heterocycles. The topological polar surface area (TPSA) is 142 Å². The Morgan fingerprint density at radius 3 is 2.54 bits per heavy atom. The summed E-state index contributed by atoms with van der Waals surface area (Å²) in [5, 5.41) is 8.10. The van der Waals surface area contributed by atoms with Crippen molar-refractivity contribution in [3.05, 3.63) is 48.0 Å². The van der Waals surface area contributed by atoms with E-state index in [0.717, 1.165) is 26.1 Å². The molecule has 1 unspecified atom stereocenters. The van der Waals surface area contributed by atoms with Gasteiger partial charge in [0.2, 0.25) is 5.91 Å². The first-order valence-corrected chi connectivity index (χ1v) is 13.3. The number of anilines is 1. The van der Waals surface area contributed by atoms with E-state index in [4.69, 9.17) is 16.3 Å². The summed E-state index contributed by atoms with van der Waals surface area (Å²) in [5.74, 6) is 5.37. The third kappa shape index (κ3) is 9.18. The number of pyridine rings is 1. The lowest BCUT2D eigenvalue weighted by Crippen LogP contribution is -2.33. The number of benzene rings is 1. The summed E-state index contributed by atoms with van der Waals surface area (Å²) in [6, 6.07) is 7.82. The number of hydrogen-bond donors (Lipinski definition) is 3. The fourth-order valence-electron chi connectivity index (χ4n) is 3.94. The molecule has 3 rings (SSSR count). The zero-order valence-electron chi connectivity index (χ0n) is 23.5. The summed E-state index contributed by atoms with van der Waals surface area (Å²) in [7, 11) is 0. The Bertz CT molecular complexity index is 1110. The predicted molar refractivity (Wildman–Crippen MR) is 151 cm³/mol. The molecular formula is C27H41FN8O3. The van der Waals surface area contributed by atoms with Crippen LogP contribution in [0.3, 0.4) is 0 Å². The molecule has 11 nitrogen and oxygen atoms in total. The number of hydrazone groups is 1. The van der Waals surface area contributed by atoms with Gasteiger partial charge in [-0.25, -0.2) is 20.1 Å². The van der Waals surface area contributed by atoms with Gasteiger partial charge in [0.05, 0.1) is 25.3 Å². The summed E-state index contributed by atoms with van der Waals surface area (Å²) >= 11 is 0. The quantitative estimate of drug-likeness (QED) is 0.160. The number of amides is 2. The second-order valence-electron chi connectivity index (χ2n) is 8.68. The van der Waals surface area contributed by atoms with Gasteiger partial charge in [-0.15, -0.1) is 5.10 Å². The summed E-state index contributed by atoms with van der Waals surface area (Å²) < 4.78 is 20.2. The molecule has 214 valence electrons. The van der Waals surface area contributed by atoms with Gasteiger partial charge in [-0.2, -0.15) is 0 Å². The molecule has 1 aromatic carbocycles. The van der Waals surface area contributed by atoms with Gasteiger partial charge >= 0.3 is 6.09 Å². The van der Waals surface area contributed by atoms with E-state index in [1.165, 1.54) is 29.2 Å². The van der Waals surface area contributed by atoms with Crippen molar-refractivity contribution in [3.63, 3.8) is 0 Å². The number of carbonyl (C=O) groups is 2. The Balaban J connectivity index is 0.00000260. The zero-order valence-corrected chi connectivity index (χ0v) is 23.5. The van der Waals surface area contributed by atoms with Crippen molar-refractivity contribution in [1.82, 2.24) is 20.3 Å². The number of rotatable bonds is 12. The molecule has 12 heteroatoms. The molecule has 2 heterocycles. The van der Waals surface area contributed by atoms with Crippen molar-refractivity contribution < 1.29 is 18.7 Å². The van der Waals surface area contributed by atoms with E-state index in [1.54, 1.807) is 24.3 Å². The smallest absolute Gasteiger partial charge is 0.414 e. The Hall–Kier alpha value is -3.77. The highest BCUT2D eigenvalue weighted by molar-refractivity contribution is 5.95. The molecule has 2 aromatic rings. The number of ether oxygens (including phenoxy) is 1. The SMILES string of the molecule is CC.CCN(CC)CCCN(N)/N=C(\N)c1ccc(-c2ccc(N3CC(CNC(C)=O)OC3=O)cc2F)cn1. The number of amidine groups is 1. The largest absolute Gasteiger partial charge is 0.442 e. The molecule has 1 aliphatic heterocycles. The molecule has 2 amide bonds. The molecule has 1 aromatic heterocycles. The third-order valence-electron chi connectivity index (χ3n) is 6.05. The van der Waals surface area contributed by atoms with Crippen LogP contribution in [0.15, 0.2) is 41.6 Å². The first kappa shape index (κ1) is 31.4. The van der Waals surface area contributed by atoms with Gasteiger partial charge in [-0.05, 0) is 50.3 Å². The van der Waals surface area contributed by atoms with Crippen molar-refractivity contribution in [1.29, 1.82) is 0 Å². The zero-order chi connectivity index (χ0) is 28.9. The van der Waals surface area contributed by atoms with Crippen molar-refractivity contribution in [2.75, 3.05) is 44.2 Å². The minimum atomic E-state index is -0.592. The van der Waals surface area contributed by atoms with Crippen LogP contribution in [-0.2, 0) is 9.53 Å². The number of carbonyl (C=O) groups excluding carboxylic acids is 2. The minimum Gasteiger partial charge on any atom is -0.442 e. The fraction of sp³-hybridized carbons (Fsp3) is 0.481.